The summed E-state index contributed by atoms with van der Waals surface area (Å²) in [6.45, 7) is 6.06. The van der Waals surface area contributed by atoms with E-state index >= 15 is 0 Å². The second-order valence-corrected chi connectivity index (χ2v) is 9.65. The molecule has 5 rings (SSSR count). The Balaban J connectivity index is 1.49. The van der Waals surface area contributed by atoms with Crippen molar-refractivity contribution in [2.75, 3.05) is 30.4 Å². The molecule has 8 heteroatoms. The summed E-state index contributed by atoms with van der Waals surface area (Å²) < 4.78 is 14.9. The minimum absolute atomic E-state index is 0.0184. The highest BCUT2D eigenvalue weighted by Crippen LogP contribution is 2.46. The average Bonchev–Trinajstić information content (AvgIpc) is 3.07. The molecule has 0 aliphatic carbocycles. The summed E-state index contributed by atoms with van der Waals surface area (Å²) >= 11 is 0. The molecule has 0 amide bonds. The predicted molar refractivity (Wildman–Crippen MR) is 130 cm³/mol. The number of carboxylic acid groups (broad SMARTS) is 1. The number of carbonyl (C=O) groups is 1. The monoisotopic (exact) mass is 461 g/mol. The van der Waals surface area contributed by atoms with Gasteiger partial charge in [0.25, 0.3) is 0 Å². The van der Waals surface area contributed by atoms with E-state index in [-0.39, 0.29) is 12.2 Å². The fourth-order valence-corrected chi connectivity index (χ4v) is 5.12. The zero-order valence-corrected chi connectivity index (χ0v) is 19.6. The molecular weight excluding hydrogens is 433 g/mol. The molecule has 0 radical (unpaired) electrons. The third-order valence-electron chi connectivity index (χ3n) is 6.83. The lowest BCUT2D eigenvalue weighted by Crippen LogP contribution is -2.31. The zero-order chi connectivity index (χ0) is 24.0. The van der Waals surface area contributed by atoms with Gasteiger partial charge in [-0.2, -0.15) is 4.98 Å². The van der Waals surface area contributed by atoms with Gasteiger partial charge in [0.15, 0.2) is 0 Å². The second kappa shape index (κ2) is 8.36. The topological polar surface area (TPSA) is 81.6 Å². The van der Waals surface area contributed by atoms with Gasteiger partial charge < -0.3 is 20.2 Å². The number of nitrogens with zero attached hydrogens (tertiary/aromatic N) is 4. The van der Waals surface area contributed by atoms with Crippen molar-refractivity contribution >= 4 is 29.1 Å². The van der Waals surface area contributed by atoms with Crippen LogP contribution >= 0.6 is 0 Å². The minimum atomic E-state index is -0.838. The Bertz CT molecular complexity index is 1280. The molecule has 0 fully saturated rings. The first-order chi connectivity index (χ1) is 16.2. The van der Waals surface area contributed by atoms with Crippen LogP contribution in [0.4, 0.5) is 27.5 Å². The van der Waals surface area contributed by atoms with Gasteiger partial charge >= 0.3 is 5.97 Å². The molecule has 2 aromatic carbocycles. The molecule has 176 valence electrons. The molecule has 3 aromatic rings. The minimum Gasteiger partial charge on any atom is -0.481 e. The largest absolute Gasteiger partial charge is 0.481 e. The Labute approximate surface area is 198 Å². The number of halogens is 1. The number of hydrogen-bond donors (Lipinski definition) is 2. The van der Waals surface area contributed by atoms with Crippen LogP contribution in [-0.2, 0) is 23.2 Å². The summed E-state index contributed by atoms with van der Waals surface area (Å²) in [5.41, 5.74) is 4.70. The van der Waals surface area contributed by atoms with E-state index in [0.717, 1.165) is 47.5 Å². The maximum absolute atomic E-state index is 14.9. The quantitative estimate of drug-likeness (QED) is 0.577. The van der Waals surface area contributed by atoms with Crippen molar-refractivity contribution in [3.05, 3.63) is 70.7 Å². The molecular formula is C26H28FN5O2. The zero-order valence-electron chi connectivity index (χ0n) is 19.6. The van der Waals surface area contributed by atoms with Crippen molar-refractivity contribution in [2.45, 2.75) is 38.6 Å². The number of fused-ring (bicyclic) bond motifs is 2. The van der Waals surface area contributed by atoms with Crippen LogP contribution in [0.1, 0.15) is 35.6 Å². The van der Waals surface area contributed by atoms with Crippen LogP contribution in [0, 0.1) is 12.7 Å². The summed E-state index contributed by atoms with van der Waals surface area (Å²) in [5, 5.41) is 12.6. The predicted octanol–water partition coefficient (Wildman–Crippen LogP) is 4.54. The van der Waals surface area contributed by atoms with Crippen LogP contribution in [0.5, 0.6) is 0 Å². The number of aryl methyl sites for hydroxylation is 1. The van der Waals surface area contributed by atoms with E-state index < -0.39 is 11.4 Å². The first-order valence-corrected chi connectivity index (χ1v) is 11.4. The molecule has 2 N–H and O–H groups in total. The van der Waals surface area contributed by atoms with Gasteiger partial charge in [-0.3, -0.25) is 4.79 Å². The summed E-state index contributed by atoms with van der Waals surface area (Å²) in [7, 11) is 2.06. The van der Waals surface area contributed by atoms with E-state index in [1.54, 1.807) is 12.3 Å². The lowest BCUT2D eigenvalue weighted by atomic mass is 9.81. The van der Waals surface area contributed by atoms with Crippen LogP contribution in [-0.4, -0.2) is 46.1 Å². The molecule has 7 nitrogen and oxygen atoms in total. The lowest BCUT2D eigenvalue weighted by Gasteiger charge is -2.26. The highest BCUT2D eigenvalue weighted by atomic mass is 19.1. The molecule has 1 unspecified atom stereocenters. The number of anilines is 4. The molecule has 0 bridgehead atoms. The van der Waals surface area contributed by atoms with Gasteiger partial charge in [-0.1, -0.05) is 25.1 Å². The van der Waals surface area contributed by atoms with E-state index in [4.69, 9.17) is 4.98 Å². The normalized spacial score (nSPS) is 19.6. The fourth-order valence-electron chi connectivity index (χ4n) is 5.12. The Morgan fingerprint density at radius 2 is 2.06 bits per heavy atom. The van der Waals surface area contributed by atoms with E-state index in [2.05, 4.69) is 22.2 Å². The third-order valence-corrected chi connectivity index (χ3v) is 6.83. The number of likely N-dealkylation sites (N-methyl/N-ethyl adjacent to an activating group) is 1. The van der Waals surface area contributed by atoms with Crippen molar-refractivity contribution < 1.29 is 14.3 Å². The van der Waals surface area contributed by atoms with Gasteiger partial charge in [0.1, 0.15) is 11.6 Å². The maximum atomic E-state index is 14.9. The van der Waals surface area contributed by atoms with Gasteiger partial charge in [-0.25, -0.2) is 9.37 Å². The number of hydrogen-bond acceptors (Lipinski definition) is 6. The Hall–Kier alpha value is -3.52. The molecule has 2 aliphatic heterocycles. The summed E-state index contributed by atoms with van der Waals surface area (Å²) in [6.07, 6.45) is 2.56. The SMILES string of the molecule is Cc1cnc(Nc2cc3c(cc2F)CCN(C)C3)nc1N1CC(C)(CC(=O)O)c2ccccc21. The number of benzene rings is 2. The summed E-state index contributed by atoms with van der Waals surface area (Å²) in [4.78, 5) is 25.0. The van der Waals surface area contributed by atoms with Crippen molar-refractivity contribution in [2.24, 2.45) is 0 Å². The number of aromatic nitrogens is 2. The molecule has 34 heavy (non-hydrogen) atoms. The van der Waals surface area contributed by atoms with E-state index in [1.807, 2.05) is 49.1 Å². The summed E-state index contributed by atoms with van der Waals surface area (Å²) in [6, 6.07) is 11.3. The summed E-state index contributed by atoms with van der Waals surface area (Å²) in [5.74, 6) is -0.186. The van der Waals surface area contributed by atoms with Crippen LogP contribution in [0.15, 0.2) is 42.6 Å². The number of para-hydroxylation sites is 1. The van der Waals surface area contributed by atoms with Crippen molar-refractivity contribution in [1.82, 2.24) is 14.9 Å². The third kappa shape index (κ3) is 3.98. The highest BCUT2D eigenvalue weighted by molar-refractivity contribution is 5.77. The van der Waals surface area contributed by atoms with Crippen LogP contribution in [0.2, 0.25) is 0 Å². The molecule has 1 aromatic heterocycles. The van der Waals surface area contributed by atoms with Gasteiger partial charge in [-0.15, -0.1) is 0 Å². The smallest absolute Gasteiger partial charge is 0.304 e. The first-order valence-electron chi connectivity index (χ1n) is 11.4. The van der Waals surface area contributed by atoms with Crippen molar-refractivity contribution in [1.29, 1.82) is 0 Å². The van der Waals surface area contributed by atoms with Gasteiger partial charge in [0, 0.05) is 42.5 Å². The van der Waals surface area contributed by atoms with Crippen LogP contribution < -0.4 is 10.2 Å². The standard InChI is InChI=1S/C26H28FN5O2/c1-16-13-28-25(29-21-11-18-14-31(3)9-8-17(18)10-20(21)27)30-24(16)32-15-26(2,12-23(33)34)19-6-4-5-7-22(19)32/h4-7,10-11,13H,8-9,12,14-15H2,1-3H3,(H,33,34)(H,28,29,30). The maximum Gasteiger partial charge on any atom is 0.304 e. The number of nitrogens with one attached hydrogen (secondary N) is 1. The molecule has 2 aliphatic rings. The van der Waals surface area contributed by atoms with E-state index in [0.29, 0.717) is 24.0 Å². The van der Waals surface area contributed by atoms with Crippen molar-refractivity contribution in [3.8, 4) is 0 Å². The average molecular weight is 462 g/mol. The van der Waals surface area contributed by atoms with Gasteiger partial charge in [0.2, 0.25) is 5.95 Å². The lowest BCUT2D eigenvalue weighted by molar-refractivity contribution is -0.138. The van der Waals surface area contributed by atoms with Crippen LogP contribution in [0.3, 0.4) is 0 Å². The van der Waals surface area contributed by atoms with E-state index in [9.17, 15) is 14.3 Å². The second-order valence-electron chi connectivity index (χ2n) is 9.65. The van der Waals surface area contributed by atoms with Crippen molar-refractivity contribution in [3.63, 3.8) is 0 Å². The molecule has 0 saturated carbocycles. The highest BCUT2D eigenvalue weighted by Gasteiger charge is 2.41. The van der Waals surface area contributed by atoms with Crippen LogP contribution in [0.25, 0.3) is 0 Å². The van der Waals surface area contributed by atoms with Gasteiger partial charge in [0.05, 0.1) is 12.1 Å². The number of rotatable bonds is 5. The Morgan fingerprint density at radius 1 is 1.26 bits per heavy atom. The molecule has 0 saturated heterocycles. The molecule has 1 atom stereocenters. The first kappa shape index (κ1) is 22.3. The number of carboxylic acids is 1. The van der Waals surface area contributed by atoms with Gasteiger partial charge in [-0.05, 0) is 55.3 Å². The Morgan fingerprint density at radius 3 is 2.85 bits per heavy atom. The number of aliphatic carboxylic acids is 1. The molecule has 0 spiro atoms. The fraction of sp³-hybridized carbons (Fsp3) is 0.346. The molecule has 3 heterocycles. The van der Waals surface area contributed by atoms with E-state index in [1.165, 1.54) is 0 Å². The Kier molecular flexibility index (Phi) is 5.48.